The first-order valence-corrected chi connectivity index (χ1v) is 7.83. The van der Waals surface area contributed by atoms with Crippen molar-refractivity contribution in [1.82, 2.24) is 14.3 Å². The number of nitrogens with zero attached hydrogens (tertiary/aromatic N) is 3. The molecule has 4 rings (SSSR count). The summed E-state index contributed by atoms with van der Waals surface area (Å²) in [6.45, 7) is 0. The van der Waals surface area contributed by atoms with Crippen molar-refractivity contribution >= 4 is 21.8 Å². The van der Waals surface area contributed by atoms with Crippen molar-refractivity contribution in [3.8, 4) is 17.2 Å². The van der Waals surface area contributed by atoms with Gasteiger partial charge in [0, 0.05) is 24.6 Å². The van der Waals surface area contributed by atoms with E-state index in [2.05, 4.69) is 5.10 Å². The molecular formula is C19H17N3O3. The summed E-state index contributed by atoms with van der Waals surface area (Å²) in [5, 5.41) is 5.97. The molecule has 0 saturated carbocycles. The van der Waals surface area contributed by atoms with Gasteiger partial charge in [0.25, 0.3) is 5.56 Å². The maximum Gasteiger partial charge on any atom is 0.296 e. The van der Waals surface area contributed by atoms with Crippen LogP contribution in [0.1, 0.15) is 0 Å². The summed E-state index contributed by atoms with van der Waals surface area (Å²) in [6, 6.07) is 13.1. The highest BCUT2D eigenvalue weighted by Crippen LogP contribution is 2.36. The SMILES string of the molecule is COc1cc(OC)c2c3cnn(-c4ccccc4)c(=O)c3n(C)c2c1. The first-order valence-electron chi connectivity index (χ1n) is 7.83. The Balaban J connectivity index is 2.14. The van der Waals surface area contributed by atoms with E-state index in [1.54, 1.807) is 20.4 Å². The predicted molar refractivity (Wildman–Crippen MR) is 96.9 cm³/mol. The zero-order valence-corrected chi connectivity index (χ0v) is 14.2. The second-order valence-corrected chi connectivity index (χ2v) is 5.74. The summed E-state index contributed by atoms with van der Waals surface area (Å²) in [5.41, 5.74) is 1.98. The quantitative estimate of drug-likeness (QED) is 0.578. The van der Waals surface area contributed by atoms with E-state index in [0.717, 1.165) is 22.0 Å². The molecule has 0 atom stereocenters. The van der Waals surface area contributed by atoms with E-state index in [0.29, 0.717) is 17.0 Å². The summed E-state index contributed by atoms with van der Waals surface area (Å²) in [4.78, 5) is 13.1. The molecule has 4 aromatic rings. The highest BCUT2D eigenvalue weighted by atomic mass is 16.5. The number of aryl methyl sites for hydroxylation is 1. The molecule has 0 spiro atoms. The third kappa shape index (κ3) is 2.18. The van der Waals surface area contributed by atoms with Gasteiger partial charge >= 0.3 is 0 Å². The zero-order valence-electron chi connectivity index (χ0n) is 14.2. The summed E-state index contributed by atoms with van der Waals surface area (Å²) < 4.78 is 14.1. The van der Waals surface area contributed by atoms with Gasteiger partial charge in [0.2, 0.25) is 0 Å². The van der Waals surface area contributed by atoms with E-state index in [-0.39, 0.29) is 5.56 Å². The Morgan fingerprint density at radius 1 is 1.04 bits per heavy atom. The second-order valence-electron chi connectivity index (χ2n) is 5.74. The van der Waals surface area contributed by atoms with E-state index in [9.17, 15) is 4.79 Å². The summed E-state index contributed by atoms with van der Waals surface area (Å²) in [6.07, 6.45) is 1.71. The summed E-state index contributed by atoms with van der Waals surface area (Å²) in [7, 11) is 5.07. The summed E-state index contributed by atoms with van der Waals surface area (Å²) in [5.74, 6) is 1.32. The molecule has 0 fully saturated rings. The first-order chi connectivity index (χ1) is 12.2. The molecule has 0 aliphatic rings. The van der Waals surface area contributed by atoms with E-state index >= 15 is 0 Å². The standard InChI is InChI=1S/C19H17N3O3/c1-21-15-9-13(24-2)10-16(25-3)17(15)14-11-20-22(19(23)18(14)21)12-7-5-4-6-8-12/h4-11H,1-3H3. The van der Waals surface area contributed by atoms with Crippen molar-refractivity contribution in [2.45, 2.75) is 0 Å². The zero-order chi connectivity index (χ0) is 17.6. The fraction of sp³-hybridized carbons (Fsp3) is 0.158. The highest BCUT2D eigenvalue weighted by molar-refractivity contribution is 6.11. The monoisotopic (exact) mass is 335 g/mol. The average Bonchev–Trinajstić information content (AvgIpc) is 2.95. The minimum absolute atomic E-state index is 0.177. The first kappa shape index (κ1) is 15.3. The minimum Gasteiger partial charge on any atom is -0.497 e. The smallest absolute Gasteiger partial charge is 0.296 e. The predicted octanol–water partition coefficient (Wildman–Crippen LogP) is 2.89. The number of para-hydroxylation sites is 1. The van der Waals surface area contributed by atoms with E-state index in [1.165, 1.54) is 4.68 Å². The van der Waals surface area contributed by atoms with Crippen LogP contribution in [0.2, 0.25) is 0 Å². The third-order valence-corrected chi connectivity index (χ3v) is 4.43. The van der Waals surface area contributed by atoms with Gasteiger partial charge in [0.05, 0.1) is 37.0 Å². The summed E-state index contributed by atoms with van der Waals surface area (Å²) >= 11 is 0. The van der Waals surface area contributed by atoms with Gasteiger partial charge in [-0.05, 0) is 12.1 Å². The number of methoxy groups -OCH3 is 2. The van der Waals surface area contributed by atoms with Crippen molar-refractivity contribution < 1.29 is 9.47 Å². The van der Waals surface area contributed by atoms with Crippen LogP contribution in [0.3, 0.4) is 0 Å². The average molecular weight is 335 g/mol. The Bertz CT molecular complexity index is 1140. The number of hydrogen-bond donors (Lipinski definition) is 0. The van der Waals surface area contributed by atoms with Gasteiger partial charge in [-0.15, -0.1) is 0 Å². The van der Waals surface area contributed by atoms with Crippen molar-refractivity contribution in [3.05, 3.63) is 59.0 Å². The molecule has 2 aromatic heterocycles. The van der Waals surface area contributed by atoms with E-state index in [4.69, 9.17) is 9.47 Å². The Kier molecular flexibility index (Phi) is 3.46. The lowest BCUT2D eigenvalue weighted by atomic mass is 10.1. The van der Waals surface area contributed by atoms with Gasteiger partial charge in [-0.3, -0.25) is 4.79 Å². The number of hydrogen-bond acceptors (Lipinski definition) is 4. The molecule has 0 saturated heterocycles. The van der Waals surface area contributed by atoms with Gasteiger partial charge in [-0.2, -0.15) is 9.78 Å². The Hall–Kier alpha value is -3.28. The number of benzene rings is 2. The van der Waals surface area contributed by atoms with E-state index < -0.39 is 0 Å². The number of aromatic nitrogens is 3. The van der Waals surface area contributed by atoms with Crippen LogP contribution in [0, 0.1) is 0 Å². The molecule has 25 heavy (non-hydrogen) atoms. The maximum absolute atomic E-state index is 13.1. The molecule has 2 aromatic carbocycles. The molecular weight excluding hydrogens is 318 g/mol. The largest absolute Gasteiger partial charge is 0.497 e. The molecule has 0 aliphatic carbocycles. The molecule has 0 unspecified atom stereocenters. The fourth-order valence-electron chi connectivity index (χ4n) is 3.22. The van der Waals surface area contributed by atoms with Crippen LogP contribution in [-0.4, -0.2) is 28.6 Å². The van der Waals surface area contributed by atoms with Crippen molar-refractivity contribution in [3.63, 3.8) is 0 Å². The van der Waals surface area contributed by atoms with Crippen molar-refractivity contribution in [1.29, 1.82) is 0 Å². The van der Waals surface area contributed by atoms with Crippen LogP contribution in [-0.2, 0) is 7.05 Å². The molecule has 0 aliphatic heterocycles. The number of ether oxygens (including phenoxy) is 2. The molecule has 0 radical (unpaired) electrons. The highest BCUT2D eigenvalue weighted by Gasteiger charge is 2.18. The van der Waals surface area contributed by atoms with Crippen LogP contribution in [0.25, 0.3) is 27.5 Å². The molecule has 0 bridgehead atoms. The molecule has 0 N–H and O–H groups in total. The van der Waals surface area contributed by atoms with Crippen LogP contribution in [0.5, 0.6) is 11.5 Å². The molecule has 2 heterocycles. The molecule has 6 nitrogen and oxygen atoms in total. The van der Waals surface area contributed by atoms with Crippen molar-refractivity contribution in [2.24, 2.45) is 7.05 Å². The molecule has 0 amide bonds. The lowest BCUT2D eigenvalue weighted by Crippen LogP contribution is -2.22. The van der Waals surface area contributed by atoms with Crippen molar-refractivity contribution in [2.75, 3.05) is 14.2 Å². The van der Waals surface area contributed by atoms with Gasteiger partial charge < -0.3 is 14.0 Å². The third-order valence-electron chi connectivity index (χ3n) is 4.43. The second kappa shape index (κ2) is 5.66. The minimum atomic E-state index is -0.177. The maximum atomic E-state index is 13.1. The van der Waals surface area contributed by atoms with Crippen LogP contribution < -0.4 is 15.0 Å². The lowest BCUT2D eigenvalue weighted by molar-refractivity contribution is 0.398. The van der Waals surface area contributed by atoms with Gasteiger partial charge in [-0.25, -0.2) is 0 Å². The fourth-order valence-corrected chi connectivity index (χ4v) is 3.22. The Morgan fingerprint density at radius 2 is 1.80 bits per heavy atom. The number of rotatable bonds is 3. The Morgan fingerprint density at radius 3 is 2.48 bits per heavy atom. The molecule has 6 heteroatoms. The van der Waals surface area contributed by atoms with Gasteiger partial charge in [-0.1, -0.05) is 18.2 Å². The normalized spacial score (nSPS) is 11.2. The molecule has 126 valence electrons. The van der Waals surface area contributed by atoms with E-state index in [1.807, 2.05) is 54.1 Å². The Labute approximate surface area is 143 Å². The number of fused-ring (bicyclic) bond motifs is 3. The van der Waals surface area contributed by atoms with Crippen LogP contribution in [0.4, 0.5) is 0 Å². The topological polar surface area (TPSA) is 58.3 Å². The van der Waals surface area contributed by atoms with Gasteiger partial charge in [0.1, 0.15) is 17.0 Å². The van der Waals surface area contributed by atoms with Crippen LogP contribution >= 0.6 is 0 Å². The lowest BCUT2D eigenvalue weighted by Gasteiger charge is -2.06. The van der Waals surface area contributed by atoms with Gasteiger partial charge in [0.15, 0.2) is 0 Å². The van der Waals surface area contributed by atoms with Crippen LogP contribution in [0.15, 0.2) is 53.5 Å².